The zero-order valence-electron chi connectivity index (χ0n) is 9.74. The predicted octanol–water partition coefficient (Wildman–Crippen LogP) is 2.94. The van der Waals surface area contributed by atoms with E-state index in [0.717, 1.165) is 5.69 Å². The normalized spacial score (nSPS) is 22.1. The highest BCUT2D eigenvalue weighted by Gasteiger charge is 2.24. The Morgan fingerprint density at radius 1 is 1.53 bits per heavy atom. The lowest BCUT2D eigenvalue weighted by atomic mass is 10.1. The smallest absolute Gasteiger partial charge is 0.0375 e. The molecule has 1 aromatic heterocycles. The highest BCUT2D eigenvalue weighted by Crippen LogP contribution is 2.31. The molecule has 82 valence electrons. The molecule has 0 spiro atoms. The SMILES string of the molecule is CCCN1CCCC1c1ccnc(C)c1. The summed E-state index contributed by atoms with van der Waals surface area (Å²) in [7, 11) is 0. The van der Waals surface area contributed by atoms with Gasteiger partial charge in [-0.3, -0.25) is 9.88 Å². The second kappa shape index (κ2) is 4.75. The van der Waals surface area contributed by atoms with E-state index in [-0.39, 0.29) is 0 Å². The molecule has 0 aromatic carbocycles. The fourth-order valence-corrected chi connectivity index (χ4v) is 2.53. The van der Waals surface area contributed by atoms with Crippen LogP contribution < -0.4 is 0 Å². The van der Waals surface area contributed by atoms with Crippen LogP contribution in [0.25, 0.3) is 0 Å². The van der Waals surface area contributed by atoms with Crippen molar-refractivity contribution in [2.75, 3.05) is 13.1 Å². The molecule has 2 rings (SSSR count). The van der Waals surface area contributed by atoms with Gasteiger partial charge in [-0.05, 0) is 57.0 Å². The van der Waals surface area contributed by atoms with Crippen molar-refractivity contribution in [3.8, 4) is 0 Å². The van der Waals surface area contributed by atoms with Crippen LogP contribution in [0.2, 0.25) is 0 Å². The molecule has 2 nitrogen and oxygen atoms in total. The second-order valence-electron chi connectivity index (χ2n) is 4.42. The molecule has 15 heavy (non-hydrogen) atoms. The number of hydrogen-bond donors (Lipinski definition) is 0. The standard InChI is InChI=1S/C13H20N2/c1-3-8-15-9-4-5-13(15)12-6-7-14-11(2)10-12/h6-7,10,13H,3-5,8-9H2,1-2H3. The predicted molar refractivity (Wildman–Crippen MR) is 62.8 cm³/mol. The first-order chi connectivity index (χ1) is 7.31. The number of pyridine rings is 1. The van der Waals surface area contributed by atoms with Crippen molar-refractivity contribution in [3.63, 3.8) is 0 Å². The molecule has 2 heteroatoms. The number of rotatable bonds is 3. The molecule has 1 atom stereocenters. The van der Waals surface area contributed by atoms with E-state index in [1.54, 1.807) is 0 Å². The second-order valence-corrected chi connectivity index (χ2v) is 4.42. The molecule has 1 aromatic rings. The number of likely N-dealkylation sites (tertiary alicyclic amines) is 1. The van der Waals surface area contributed by atoms with Crippen molar-refractivity contribution < 1.29 is 0 Å². The maximum Gasteiger partial charge on any atom is 0.0375 e. The minimum absolute atomic E-state index is 0.645. The Bertz CT molecular complexity index is 322. The average molecular weight is 204 g/mol. The van der Waals surface area contributed by atoms with Crippen molar-refractivity contribution in [3.05, 3.63) is 29.6 Å². The van der Waals surface area contributed by atoms with Gasteiger partial charge in [-0.1, -0.05) is 6.92 Å². The van der Waals surface area contributed by atoms with Crippen LogP contribution in [0.4, 0.5) is 0 Å². The monoisotopic (exact) mass is 204 g/mol. The highest BCUT2D eigenvalue weighted by molar-refractivity contribution is 5.20. The van der Waals surface area contributed by atoms with E-state index in [0.29, 0.717) is 6.04 Å². The molecular formula is C13H20N2. The van der Waals surface area contributed by atoms with Crippen LogP contribution in [-0.2, 0) is 0 Å². The Kier molecular flexibility index (Phi) is 3.37. The lowest BCUT2D eigenvalue weighted by molar-refractivity contribution is 0.257. The maximum atomic E-state index is 4.26. The van der Waals surface area contributed by atoms with Crippen molar-refractivity contribution in [2.24, 2.45) is 0 Å². The largest absolute Gasteiger partial charge is 0.296 e. The number of nitrogens with zero attached hydrogens (tertiary/aromatic N) is 2. The fraction of sp³-hybridized carbons (Fsp3) is 0.615. The highest BCUT2D eigenvalue weighted by atomic mass is 15.2. The molecule has 2 heterocycles. The van der Waals surface area contributed by atoms with Crippen molar-refractivity contribution >= 4 is 0 Å². The van der Waals surface area contributed by atoms with E-state index in [9.17, 15) is 0 Å². The van der Waals surface area contributed by atoms with E-state index >= 15 is 0 Å². The molecule has 0 aliphatic carbocycles. The van der Waals surface area contributed by atoms with Gasteiger partial charge in [-0.25, -0.2) is 0 Å². The van der Waals surface area contributed by atoms with Gasteiger partial charge in [-0.15, -0.1) is 0 Å². The third-order valence-corrected chi connectivity index (χ3v) is 3.18. The van der Waals surface area contributed by atoms with Crippen LogP contribution in [0.15, 0.2) is 18.3 Å². The van der Waals surface area contributed by atoms with E-state index in [1.165, 1.54) is 37.9 Å². The zero-order chi connectivity index (χ0) is 10.7. The lowest BCUT2D eigenvalue weighted by Crippen LogP contribution is -2.24. The van der Waals surface area contributed by atoms with E-state index in [2.05, 4.69) is 35.9 Å². The van der Waals surface area contributed by atoms with E-state index < -0.39 is 0 Å². The molecule has 1 aliphatic heterocycles. The minimum Gasteiger partial charge on any atom is -0.296 e. The summed E-state index contributed by atoms with van der Waals surface area (Å²) in [5.74, 6) is 0. The molecule has 0 N–H and O–H groups in total. The molecular weight excluding hydrogens is 184 g/mol. The maximum absolute atomic E-state index is 4.26. The summed E-state index contributed by atoms with van der Waals surface area (Å²) < 4.78 is 0. The molecule has 1 fully saturated rings. The summed E-state index contributed by atoms with van der Waals surface area (Å²) >= 11 is 0. The van der Waals surface area contributed by atoms with Crippen molar-refractivity contribution in [2.45, 2.75) is 39.2 Å². The quantitative estimate of drug-likeness (QED) is 0.752. The van der Waals surface area contributed by atoms with Crippen molar-refractivity contribution in [1.82, 2.24) is 9.88 Å². The average Bonchev–Trinajstić information content (AvgIpc) is 2.66. The van der Waals surface area contributed by atoms with Gasteiger partial charge in [0.05, 0.1) is 0 Å². The number of aryl methyl sites for hydroxylation is 1. The molecule has 0 saturated carbocycles. The fourth-order valence-electron chi connectivity index (χ4n) is 2.53. The zero-order valence-corrected chi connectivity index (χ0v) is 9.74. The number of hydrogen-bond acceptors (Lipinski definition) is 2. The summed E-state index contributed by atoms with van der Waals surface area (Å²) in [5.41, 5.74) is 2.59. The summed E-state index contributed by atoms with van der Waals surface area (Å²) in [6.45, 7) is 6.82. The molecule has 0 bridgehead atoms. The Balaban J connectivity index is 2.15. The van der Waals surface area contributed by atoms with Gasteiger partial charge in [0, 0.05) is 17.9 Å². The van der Waals surface area contributed by atoms with Gasteiger partial charge in [0.25, 0.3) is 0 Å². The van der Waals surface area contributed by atoms with Gasteiger partial charge in [0.1, 0.15) is 0 Å². The van der Waals surface area contributed by atoms with Crippen LogP contribution in [0.1, 0.15) is 43.5 Å². The first kappa shape index (κ1) is 10.6. The van der Waals surface area contributed by atoms with E-state index in [1.807, 2.05) is 6.20 Å². The van der Waals surface area contributed by atoms with Gasteiger partial charge in [-0.2, -0.15) is 0 Å². The Morgan fingerprint density at radius 3 is 3.13 bits per heavy atom. The minimum atomic E-state index is 0.645. The summed E-state index contributed by atoms with van der Waals surface area (Å²) in [6, 6.07) is 5.05. The Labute approximate surface area is 92.3 Å². The summed E-state index contributed by atoms with van der Waals surface area (Å²) in [4.78, 5) is 6.87. The van der Waals surface area contributed by atoms with Gasteiger partial charge in [0.15, 0.2) is 0 Å². The summed E-state index contributed by atoms with van der Waals surface area (Å²) in [5, 5.41) is 0. The van der Waals surface area contributed by atoms with Gasteiger partial charge in [0.2, 0.25) is 0 Å². The van der Waals surface area contributed by atoms with E-state index in [4.69, 9.17) is 0 Å². The van der Waals surface area contributed by atoms with Crippen LogP contribution in [0.5, 0.6) is 0 Å². The topological polar surface area (TPSA) is 16.1 Å². The van der Waals surface area contributed by atoms with Crippen LogP contribution >= 0.6 is 0 Å². The first-order valence-corrected chi connectivity index (χ1v) is 5.98. The molecule has 1 aliphatic rings. The van der Waals surface area contributed by atoms with Gasteiger partial charge < -0.3 is 0 Å². The molecule has 1 saturated heterocycles. The molecule has 0 amide bonds. The summed E-state index contributed by atoms with van der Waals surface area (Å²) in [6.07, 6.45) is 5.84. The Hall–Kier alpha value is -0.890. The van der Waals surface area contributed by atoms with Crippen LogP contribution in [0.3, 0.4) is 0 Å². The third kappa shape index (κ3) is 2.37. The third-order valence-electron chi connectivity index (χ3n) is 3.18. The van der Waals surface area contributed by atoms with Gasteiger partial charge >= 0.3 is 0 Å². The van der Waals surface area contributed by atoms with Crippen LogP contribution in [0, 0.1) is 6.92 Å². The lowest BCUT2D eigenvalue weighted by Gasteiger charge is -2.24. The first-order valence-electron chi connectivity index (χ1n) is 5.98. The van der Waals surface area contributed by atoms with Crippen molar-refractivity contribution in [1.29, 1.82) is 0 Å². The van der Waals surface area contributed by atoms with Crippen LogP contribution in [-0.4, -0.2) is 23.0 Å². The molecule has 0 radical (unpaired) electrons. The number of aromatic nitrogens is 1. The molecule has 1 unspecified atom stereocenters. The Morgan fingerprint density at radius 2 is 2.40 bits per heavy atom.